The van der Waals surface area contributed by atoms with Crippen LogP contribution in [0.3, 0.4) is 0 Å². The van der Waals surface area contributed by atoms with Crippen molar-refractivity contribution in [3.8, 4) is 0 Å². The number of nitrogens with zero attached hydrogens (tertiary/aromatic N) is 3. The predicted octanol–water partition coefficient (Wildman–Crippen LogP) is 2.94. The van der Waals surface area contributed by atoms with Crippen LogP contribution in [-0.2, 0) is 10.0 Å². The van der Waals surface area contributed by atoms with Crippen molar-refractivity contribution in [2.75, 3.05) is 44.1 Å². The fraction of sp³-hybridized carbons (Fsp3) is 0.350. The highest BCUT2D eigenvalue weighted by Crippen LogP contribution is 2.28. The van der Waals surface area contributed by atoms with Crippen LogP contribution in [0.15, 0.2) is 53.4 Å². The molecule has 2 aromatic carbocycles. The first-order chi connectivity index (χ1) is 13.3. The van der Waals surface area contributed by atoms with Gasteiger partial charge in [-0.25, -0.2) is 8.42 Å². The van der Waals surface area contributed by atoms with E-state index in [2.05, 4.69) is 11.8 Å². The van der Waals surface area contributed by atoms with Gasteiger partial charge in [-0.2, -0.15) is 0 Å². The van der Waals surface area contributed by atoms with E-state index in [4.69, 9.17) is 11.6 Å². The van der Waals surface area contributed by atoms with Crippen LogP contribution in [0.4, 0.5) is 5.69 Å². The summed E-state index contributed by atoms with van der Waals surface area (Å²) in [6.45, 7) is 5.96. The number of likely N-dealkylation sites (N-methyl/N-ethyl adjacent to an activating group) is 1. The minimum absolute atomic E-state index is 0.173. The second kappa shape index (κ2) is 8.51. The lowest BCUT2D eigenvalue weighted by Gasteiger charge is -2.34. The van der Waals surface area contributed by atoms with Crippen LogP contribution in [0.25, 0.3) is 0 Å². The molecule has 0 atom stereocenters. The summed E-state index contributed by atoms with van der Waals surface area (Å²) in [6, 6.07) is 12.9. The molecule has 1 heterocycles. The Hall–Kier alpha value is -2.09. The quantitative estimate of drug-likeness (QED) is 0.744. The highest BCUT2D eigenvalue weighted by molar-refractivity contribution is 7.92. The number of carbonyl (C=O) groups excluding carboxylic acids is 1. The minimum Gasteiger partial charge on any atom is -0.336 e. The molecule has 8 heteroatoms. The molecule has 3 rings (SSSR count). The molecule has 1 aliphatic rings. The average Bonchev–Trinajstić information content (AvgIpc) is 2.73. The molecule has 1 fully saturated rings. The van der Waals surface area contributed by atoms with E-state index in [1.54, 1.807) is 53.4 Å². The van der Waals surface area contributed by atoms with Crippen molar-refractivity contribution in [2.24, 2.45) is 0 Å². The number of anilines is 1. The van der Waals surface area contributed by atoms with E-state index in [1.165, 1.54) is 11.4 Å². The molecular weight excluding hydrogens is 398 g/mol. The van der Waals surface area contributed by atoms with Gasteiger partial charge in [-0.1, -0.05) is 36.7 Å². The largest absolute Gasteiger partial charge is 0.336 e. The standard InChI is InChI=1S/C20H24ClN3O3S/c1-3-23-11-13-24(14-12-23)20(25)18-15-16(9-10-19(18)21)22(2)28(26,27)17-7-5-4-6-8-17/h4-10,15H,3,11-14H2,1-2H3. The van der Waals surface area contributed by atoms with Crippen molar-refractivity contribution >= 4 is 33.2 Å². The Morgan fingerprint density at radius 3 is 2.32 bits per heavy atom. The second-order valence-corrected chi connectivity index (χ2v) is 9.05. The average molecular weight is 422 g/mol. The maximum absolute atomic E-state index is 13.0. The van der Waals surface area contributed by atoms with Gasteiger partial charge in [0.15, 0.2) is 0 Å². The van der Waals surface area contributed by atoms with Crippen molar-refractivity contribution < 1.29 is 13.2 Å². The molecule has 0 aromatic heterocycles. The van der Waals surface area contributed by atoms with Crippen molar-refractivity contribution in [3.63, 3.8) is 0 Å². The van der Waals surface area contributed by atoms with Gasteiger partial charge in [0, 0.05) is 33.2 Å². The summed E-state index contributed by atoms with van der Waals surface area (Å²) in [5, 5.41) is 0.317. The Labute approximate surface area is 171 Å². The molecule has 1 saturated heterocycles. The molecular formula is C20H24ClN3O3S. The molecule has 0 N–H and O–H groups in total. The molecule has 0 unspecified atom stereocenters. The van der Waals surface area contributed by atoms with E-state index in [0.29, 0.717) is 29.4 Å². The van der Waals surface area contributed by atoms with E-state index in [1.807, 2.05) is 0 Å². The fourth-order valence-electron chi connectivity index (χ4n) is 3.20. The molecule has 1 amide bonds. The smallest absolute Gasteiger partial charge is 0.264 e. The molecule has 28 heavy (non-hydrogen) atoms. The third-order valence-electron chi connectivity index (χ3n) is 5.05. The molecule has 1 aliphatic heterocycles. The van der Waals surface area contributed by atoms with Gasteiger partial charge in [0.05, 0.1) is 21.2 Å². The molecule has 0 saturated carbocycles. The lowest BCUT2D eigenvalue weighted by molar-refractivity contribution is 0.0643. The normalized spacial score (nSPS) is 15.5. The van der Waals surface area contributed by atoms with Gasteiger partial charge in [0.2, 0.25) is 0 Å². The number of carbonyl (C=O) groups is 1. The highest BCUT2D eigenvalue weighted by atomic mass is 35.5. The monoisotopic (exact) mass is 421 g/mol. The first-order valence-corrected chi connectivity index (χ1v) is 11.0. The second-order valence-electron chi connectivity index (χ2n) is 6.68. The first kappa shape index (κ1) is 20.6. The Kier molecular flexibility index (Phi) is 6.27. The number of sulfonamides is 1. The third kappa shape index (κ3) is 4.16. The lowest BCUT2D eigenvalue weighted by atomic mass is 10.1. The molecule has 0 spiro atoms. The van der Waals surface area contributed by atoms with Crippen LogP contribution >= 0.6 is 11.6 Å². The predicted molar refractivity (Wildman–Crippen MR) is 112 cm³/mol. The van der Waals surface area contributed by atoms with Crippen molar-refractivity contribution in [3.05, 3.63) is 59.1 Å². The van der Waals surface area contributed by atoms with Gasteiger partial charge in [-0.3, -0.25) is 9.10 Å². The number of amides is 1. The van der Waals surface area contributed by atoms with Gasteiger partial charge in [0.1, 0.15) is 0 Å². The van der Waals surface area contributed by atoms with Crippen molar-refractivity contribution in [1.82, 2.24) is 9.80 Å². The van der Waals surface area contributed by atoms with Crippen LogP contribution in [0.5, 0.6) is 0 Å². The summed E-state index contributed by atoms with van der Waals surface area (Å²) in [6.07, 6.45) is 0. The van der Waals surface area contributed by atoms with Crippen LogP contribution in [0.1, 0.15) is 17.3 Å². The van der Waals surface area contributed by atoms with Crippen LogP contribution in [0, 0.1) is 0 Å². The Morgan fingerprint density at radius 2 is 1.71 bits per heavy atom. The van der Waals surface area contributed by atoms with Gasteiger partial charge >= 0.3 is 0 Å². The van der Waals surface area contributed by atoms with E-state index in [0.717, 1.165) is 19.6 Å². The van der Waals surface area contributed by atoms with E-state index >= 15 is 0 Å². The number of rotatable bonds is 5. The summed E-state index contributed by atoms with van der Waals surface area (Å²) < 4.78 is 26.9. The summed E-state index contributed by atoms with van der Waals surface area (Å²) >= 11 is 6.28. The van der Waals surface area contributed by atoms with E-state index < -0.39 is 10.0 Å². The fourth-order valence-corrected chi connectivity index (χ4v) is 4.61. The van der Waals surface area contributed by atoms with Crippen molar-refractivity contribution in [1.29, 1.82) is 0 Å². The van der Waals surface area contributed by atoms with Crippen LogP contribution < -0.4 is 4.31 Å². The zero-order valence-corrected chi connectivity index (χ0v) is 17.6. The SMILES string of the molecule is CCN1CCN(C(=O)c2cc(N(C)S(=O)(=O)c3ccccc3)ccc2Cl)CC1. The Bertz CT molecular complexity index is 942. The van der Waals surface area contributed by atoms with Gasteiger partial charge < -0.3 is 9.80 Å². The number of hydrogen-bond acceptors (Lipinski definition) is 4. The molecule has 2 aromatic rings. The van der Waals surface area contributed by atoms with Crippen molar-refractivity contribution in [2.45, 2.75) is 11.8 Å². The first-order valence-electron chi connectivity index (χ1n) is 9.19. The number of piperazine rings is 1. The van der Waals surface area contributed by atoms with Crippen LogP contribution in [0.2, 0.25) is 5.02 Å². The van der Waals surface area contributed by atoms with Gasteiger partial charge in [0.25, 0.3) is 15.9 Å². The van der Waals surface area contributed by atoms with Gasteiger partial charge in [-0.15, -0.1) is 0 Å². The summed E-state index contributed by atoms with van der Waals surface area (Å²) in [7, 11) is -2.25. The topological polar surface area (TPSA) is 60.9 Å². The molecule has 150 valence electrons. The number of benzene rings is 2. The molecule has 6 nitrogen and oxygen atoms in total. The minimum atomic E-state index is -3.72. The molecule has 0 aliphatic carbocycles. The number of halogens is 1. The zero-order chi connectivity index (χ0) is 20.3. The zero-order valence-electron chi connectivity index (χ0n) is 16.0. The Morgan fingerprint density at radius 1 is 1.07 bits per heavy atom. The van der Waals surface area contributed by atoms with Gasteiger partial charge in [-0.05, 0) is 36.9 Å². The summed E-state index contributed by atoms with van der Waals surface area (Å²) in [4.78, 5) is 17.2. The third-order valence-corrected chi connectivity index (χ3v) is 7.18. The van der Waals surface area contributed by atoms with E-state index in [9.17, 15) is 13.2 Å². The molecule has 0 bridgehead atoms. The summed E-state index contributed by atoms with van der Waals surface area (Å²) in [5.74, 6) is -0.173. The Balaban J connectivity index is 1.86. The lowest BCUT2D eigenvalue weighted by Crippen LogP contribution is -2.48. The van der Waals surface area contributed by atoms with Crippen LogP contribution in [-0.4, -0.2) is 63.9 Å². The maximum Gasteiger partial charge on any atom is 0.264 e. The molecule has 0 radical (unpaired) electrons. The number of hydrogen-bond donors (Lipinski definition) is 0. The summed E-state index contributed by atoms with van der Waals surface area (Å²) in [5.41, 5.74) is 0.711. The maximum atomic E-state index is 13.0. The highest BCUT2D eigenvalue weighted by Gasteiger charge is 2.26. The van der Waals surface area contributed by atoms with E-state index in [-0.39, 0.29) is 10.8 Å².